The Kier molecular flexibility index (Phi) is 4.63. The smallest absolute Gasteiger partial charge is 0.237 e. The minimum Gasteiger partial charge on any atom is -0.368 e. The molecular weight excluding hydrogens is 262 g/mol. The van der Waals surface area contributed by atoms with Crippen LogP contribution in [0, 0.1) is 0 Å². The fourth-order valence-corrected chi connectivity index (χ4v) is 3.80. The molecule has 0 aromatic rings. The Hall–Kier alpha value is -0.460. The van der Waals surface area contributed by atoms with E-state index >= 15 is 0 Å². The molecule has 2 rings (SSSR count). The number of hydrogen-bond acceptors (Lipinski definition) is 4. The average Bonchev–Trinajstić information content (AvgIpc) is 3.13. The van der Waals surface area contributed by atoms with Gasteiger partial charge in [0.1, 0.15) is 0 Å². The molecule has 1 aliphatic carbocycles. The van der Waals surface area contributed by atoms with Crippen LogP contribution in [0.3, 0.4) is 0 Å². The summed E-state index contributed by atoms with van der Waals surface area (Å²) in [7, 11) is -0.657. The zero-order chi connectivity index (χ0) is 14.0. The lowest BCUT2D eigenvalue weighted by Gasteiger charge is -2.37. The zero-order valence-corrected chi connectivity index (χ0v) is 12.7. The van der Waals surface area contributed by atoms with Crippen LogP contribution in [0.15, 0.2) is 0 Å². The summed E-state index contributed by atoms with van der Waals surface area (Å²) in [5.41, 5.74) is 4.95. The number of carbonyl (C=O) groups is 1. The van der Waals surface area contributed by atoms with Crippen molar-refractivity contribution in [3.05, 3.63) is 0 Å². The van der Waals surface area contributed by atoms with Crippen LogP contribution >= 0.6 is 0 Å². The van der Waals surface area contributed by atoms with Crippen LogP contribution in [0.25, 0.3) is 0 Å². The summed E-state index contributed by atoms with van der Waals surface area (Å²) in [6.45, 7) is 5.74. The number of nitrogens with one attached hydrogen (secondary N) is 1. The van der Waals surface area contributed by atoms with Crippen molar-refractivity contribution in [2.24, 2.45) is 5.73 Å². The van der Waals surface area contributed by atoms with Crippen molar-refractivity contribution in [1.29, 1.82) is 0 Å². The van der Waals surface area contributed by atoms with Crippen molar-refractivity contribution in [1.82, 2.24) is 10.2 Å². The number of rotatable bonds is 6. The van der Waals surface area contributed by atoms with E-state index in [4.69, 9.17) is 5.73 Å². The number of primary amides is 1. The van der Waals surface area contributed by atoms with E-state index in [1.165, 1.54) is 0 Å². The molecule has 2 fully saturated rings. The third-order valence-electron chi connectivity index (χ3n) is 4.18. The molecule has 1 heterocycles. The van der Waals surface area contributed by atoms with Gasteiger partial charge in [0.05, 0.1) is 5.54 Å². The van der Waals surface area contributed by atoms with Crippen LogP contribution in [-0.2, 0) is 15.6 Å². The van der Waals surface area contributed by atoms with Gasteiger partial charge < -0.3 is 11.1 Å². The monoisotopic (exact) mass is 287 g/mol. The summed E-state index contributed by atoms with van der Waals surface area (Å²) in [5.74, 6) is 1.22. The summed E-state index contributed by atoms with van der Waals surface area (Å²) in [4.78, 5) is 14.1. The molecule has 19 heavy (non-hydrogen) atoms. The van der Waals surface area contributed by atoms with Crippen molar-refractivity contribution in [2.45, 2.75) is 50.7 Å². The molecule has 6 heteroatoms. The topological polar surface area (TPSA) is 75.4 Å². The van der Waals surface area contributed by atoms with Crippen LogP contribution in [-0.4, -0.2) is 57.2 Å². The summed E-state index contributed by atoms with van der Waals surface area (Å²) in [6.07, 6.45) is 2.99. The standard InChI is InChI=1S/C13H25N3O2S/c1-10(16-5-7-19(18)8-6-16)9-13(2,12(14)17)15-11-3-4-11/h10-11,15H,3-9H2,1-2H3,(H2,14,17). The second-order valence-electron chi connectivity index (χ2n) is 6.05. The molecule has 5 nitrogen and oxygen atoms in total. The second-order valence-corrected chi connectivity index (χ2v) is 7.75. The summed E-state index contributed by atoms with van der Waals surface area (Å²) >= 11 is 0. The van der Waals surface area contributed by atoms with Crippen LogP contribution in [0.4, 0.5) is 0 Å². The largest absolute Gasteiger partial charge is 0.368 e. The van der Waals surface area contributed by atoms with E-state index in [1.54, 1.807) is 0 Å². The quantitative estimate of drug-likeness (QED) is 0.711. The highest BCUT2D eigenvalue weighted by Crippen LogP contribution is 2.26. The van der Waals surface area contributed by atoms with Crippen LogP contribution in [0.5, 0.6) is 0 Å². The molecule has 2 unspecified atom stereocenters. The van der Waals surface area contributed by atoms with Gasteiger partial charge in [-0.15, -0.1) is 0 Å². The van der Waals surface area contributed by atoms with Gasteiger partial charge in [-0.1, -0.05) is 0 Å². The third-order valence-corrected chi connectivity index (χ3v) is 5.46. The normalized spacial score (nSPS) is 26.8. The maximum atomic E-state index is 11.7. The molecule has 1 saturated heterocycles. The molecule has 110 valence electrons. The molecule has 3 N–H and O–H groups in total. The number of hydrogen-bond donors (Lipinski definition) is 2. The van der Waals surface area contributed by atoms with Crippen molar-refractivity contribution in [2.75, 3.05) is 24.6 Å². The van der Waals surface area contributed by atoms with Crippen molar-refractivity contribution in [3.63, 3.8) is 0 Å². The third kappa shape index (κ3) is 4.00. The minimum atomic E-state index is -0.657. The second kappa shape index (κ2) is 5.89. The van der Waals surface area contributed by atoms with Gasteiger partial charge >= 0.3 is 0 Å². The molecule has 0 spiro atoms. The van der Waals surface area contributed by atoms with Crippen LogP contribution < -0.4 is 11.1 Å². The van der Waals surface area contributed by atoms with E-state index in [9.17, 15) is 9.00 Å². The number of amides is 1. The van der Waals surface area contributed by atoms with Gasteiger partial charge in [0, 0.05) is 47.5 Å². The summed E-state index contributed by atoms with van der Waals surface area (Å²) in [6, 6.07) is 0.736. The zero-order valence-electron chi connectivity index (χ0n) is 11.9. The van der Waals surface area contributed by atoms with Gasteiger partial charge in [-0.2, -0.15) is 0 Å². The van der Waals surface area contributed by atoms with E-state index in [0.29, 0.717) is 12.5 Å². The molecule has 0 aromatic carbocycles. The Morgan fingerprint density at radius 1 is 1.47 bits per heavy atom. The molecule has 0 bridgehead atoms. The fourth-order valence-electron chi connectivity index (χ4n) is 2.72. The fraction of sp³-hybridized carbons (Fsp3) is 0.923. The van der Waals surface area contributed by atoms with Gasteiger partial charge in [-0.05, 0) is 33.1 Å². The van der Waals surface area contributed by atoms with E-state index in [0.717, 1.165) is 37.4 Å². The first-order valence-electron chi connectivity index (χ1n) is 7.07. The minimum absolute atomic E-state index is 0.271. The summed E-state index contributed by atoms with van der Waals surface area (Å²) < 4.78 is 11.4. The van der Waals surface area contributed by atoms with E-state index in [1.807, 2.05) is 6.92 Å². The lowest BCUT2D eigenvalue weighted by molar-refractivity contribution is -0.124. The average molecular weight is 287 g/mol. The summed E-state index contributed by atoms with van der Waals surface area (Å²) in [5, 5.41) is 3.38. The molecular formula is C13H25N3O2S. The Morgan fingerprint density at radius 3 is 2.53 bits per heavy atom. The highest BCUT2D eigenvalue weighted by Gasteiger charge is 2.39. The highest BCUT2D eigenvalue weighted by molar-refractivity contribution is 7.85. The molecule has 1 aliphatic heterocycles. The van der Waals surface area contributed by atoms with Gasteiger partial charge in [0.25, 0.3) is 0 Å². The predicted molar refractivity (Wildman–Crippen MR) is 77.3 cm³/mol. The first kappa shape index (κ1) is 14.9. The molecule has 2 aliphatic rings. The van der Waals surface area contributed by atoms with Crippen LogP contribution in [0.2, 0.25) is 0 Å². The number of nitrogens with two attached hydrogens (primary N) is 1. The first-order valence-corrected chi connectivity index (χ1v) is 8.56. The maximum Gasteiger partial charge on any atom is 0.237 e. The predicted octanol–water partition coefficient (Wildman–Crippen LogP) is -0.175. The van der Waals surface area contributed by atoms with E-state index in [-0.39, 0.29) is 11.9 Å². The Morgan fingerprint density at radius 2 is 2.05 bits per heavy atom. The SMILES string of the molecule is CC(CC(C)(NC1CC1)C(N)=O)N1CCS(=O)CC1. The van der Waals surface area contributed by atoms with Crippen molar-refractivity contribution in [3.8, 4) is 0 Å². The van der Waals surface area contributed by atoms with E-state index < -0.39 is 16.3 Å². The molecule has 0 radical (unpaired) electrons. The van der Waals surface area contributed by atoms with E-state index in [2.05, 4.69) is 17.1 Å². The Balaban J connectivity index is 1.92. The van der Waals surface area contributed by atoms with Gasteiger partial charge in [-0.3, -0.25) is 13.9 Å². The van der Waals surface area contributed by atoms with Crippen LogP contribution in [0.1, 0.15) is 33.1 Å². The molecule has 1 saturated carbocycles. The Labute approximate surface area is 117 Å². The molecule has 1 amide bonds. The van der Waals surface area contributed by atoms with Gasteiger partial charge in [0.15, 0.2) is 0 Å². The number of carbonyl (C=O) groups excluding carboxylic acids is 1. The maximum absolute atomic E-state index is 11.7. The molecule has 0 aromatic heterocycles. The van der Waals surface area contributed by atoms with Gasteiger partial charge in [0.2, 0.25) is 5.91 Å². The Bertz CT molecular complexity index is 363. The van der Waals surface area contributed by atoms with Gasteiger partial charge in [-0.25, -0.2) is 0 Å². The number of nitrogens with zero attached hydrogens (tertiary/aromatic N) is 1. The van der Waals surface area contributed by atoms with Crippen molar-refractivity contribution < 1.29 is 9.00 Å². The lowest BCUT2D eigenvalue weighted by atomic mass is 9.91. The first-order chi connectivity index (χ1) is 8.90. The molecule has 2 atom stereocenters. The lowest BCUT2D eigenvalue weighted by Crippen LogP contribution is -2.57. The highest BCUT2D eigenvalue weighted by atomic mass is 32.2. The van der Waals surface area contributed by atoms with Crippen molar-refractivity contribution >= 4 is 16.7 Å².